The number of carbonyl (C=O) groups excluding carboxylic acids is 2. The fourth-order valence-corrected chi connectivity index (χ4v) is 3.26. The fourth-order valence-electron chi connectivity index (χ4n) is 2.84. The van der Waals surface area contributed by atoms with E-state index in [4.69, 9.17) is 9.47 Å². The van der Waals surface area contributed by atoms with Gasteiger partial charge in [0.15, 0.2) is 0 Å². The van der Waals surface area contributed by atoms with Crippen LogP contribution in [0.3, 0.4) is 0 Å². The molecule has 0 bridgehead atoms. The summed E-state index contributed by atoms with van der Waals surface area (Å²) in [5.74, 6) is -1.66. The average Bonchev–Trinajstić information content (AvgIpc) is 2.76. The van der Waals surface area contributed by atoms with Gasteiger partial charge in [-0.2, -0.15) is 21.6 Å². The van der Waals surface area contributed by atoms with E-state index in [0.717, 1.165) is 50.2 Å². The SMILES string of the molecule is CC(=O)Oc1ccc2c(=O)n(OS(=O)(=O)C(F)(F)F)c(=O)c3ccc(OC(C)=O)cc3c2c1. The highest BCUT2D eigenvalue weighted by Crippen LogP contribution is 2.28. The van der Waals surface area contributed by atoms with E-state index in [-0.39, 0.29) is 22.3 Å². The Labute approximate surface area is 181 Å². The van der Waals surface area contributed by atoms with Gasteiger partial charge in [-0.05, 0) is 47.2 Å². The number of benzene rings is 2. The number of halogens is 3. The van der Waals surface area contributed by atoms with E-state index in [9.17, 15) is 40.8 Å². The van der Waals surface area contributed by atoms with Gasteiger partial charge in [0.1, 0.15) is 11.5 Å². The van der Waals surface area contributed by atoms with Crippen LogP contribution in [0.5, 0.6) is 11.5 Å². The van der Waals surface area contributed by atoms with E-state index in [1.165, 1.54) is 0 Å². The van der Waals surface area contributed by atoms with E-state index in [0.29, 0.717) is 0 Å². The number of rotatable bonds is 4. The molecule has 33 heavy (non-hydrogen) atoms. The van der Waals surface area contributed by atoms with Crippen LogP contribution in [0.4, 0.5) is 13.2 Å². The molecule has 2 aromatic carbocycles. The molecule has 0 fully saturated rings. The topological polar surface area (TPSA) is 135 Å². The number of alkyl halides is 3. The highest BCUT2D eigenvalue weighted by Gasteiger charge is 2.49. The molecule has 174 valence electrons. The van der Waals surface area contributed by atoms with Crippen molar-refractivity contribution in [2.24, 2.45) is 0 Å². The number of carbonyl (C=O) groups is 2. The molecule has 3 rings (SSSR count). The predicted molar refractivity (Wildman–Crippen MR) is 106 cm³/mol. The summed E-state index contributed by atoms with van der Waals surface area (Å²) in [4.78, 5) is 48.3. The van der Waals surface area contributed by atoms with Crippen LogP contribution in [0, 0.1) is 0 Å². The first-order valence-electron chi connectivity index (χ1n) is 8.76. The van der Waals surface area contributed by atoms with Gasteiger partial charge in [-0.25, -0.2) is 0 Å². The van der Waals surface area contributed by atoms with Gasteiger partial charge in [0, 0.05) is 13.8 Å². The van der Waals surface area contributed by atoms with E-state index < -0.39 is 54.2 Å². The van der Waals surface area contributed by atoms with Crippen molar-refractivity contribution < 1.29 is 44.9 Å². The van der Waals surface area contributed by atoms with Gasteiger partial charge in [-0.3, -0.25) is 23.5 Å². The summed E-state index contributed by atoms with van der Waals surface area (Å²) in [6, 6.07) is 6.43. The van der Waals surface area contributed by atoms with E-state index >= 15 is 0 Å². The molecule has 3 aromatic rings. The zero-order valence-electron chi connectivity index (χ0n) is 16.6. The van der Waals surface area contributed by atoms with Crippen LogP contribution in [0.15, 0.2) is 46.0 Å². The van der Waals surface area contributed by atoms with Crippen molar-refractivity contribution in [2.45, 2.75) is 19.4 Å². The molecule has 0 unspecified atom stereocenters. The van der Waals surface area contributed by atoms with E-state index in [2.05, 4.69) is 4.28 Å². The molecule has 14 heteroatoms. The molecule has 0 N–H and O–H groups in total. The van der Waals surface area contributed by atoms with Crippen molar-refractivity contribution in [3.63, 3.8) is 0 Å². The summed E-state index contributed by atoms with van der Waals surface area (Å²) in [7, 11) is -6.39. The largest absolute Gasteiger partial charge is 0.536 e. The molecule has 0 saturated carbocycles. The summed E-state index contributed by atoms with van der Waals surface area (Å²) < 4.78 is 74.7. The van der Waals surface area contributed by atoms with Crippen LogP contribution in [0.1, 0.15) is 13.8 Å². The van der Waals surface area contributed by atoms with Gasteiger partial charge in [0.25, 0.3) is 11.1 Å². The van der Waals surface area contributed by atoms with E-state index in [1.54, 1.807) is 0 Å². The van der Waals surface area contributed by atoms with Gasteiger partial charge in [-0.1, -0.05) is 4.73 Å². The lowest BCUT2D eigenvalue weighted by atomic mass is 10.1. The third kappa shape index (κ3) is 4.64. The summed E-state index contributed by atoms with van der Waals surface area (Å²) in [5.41, 5.74) is -9.01. The minimum Gasteiger partial charge on any atom is -0.427 e. The van der Waals surface area contributed by atoms with Gasteiger partial charge in [0.2, 0.25) is 0 Å². The maximum Gasteiger partial charge on any atom is 0.536 e. The van der Waals surface area contributed by atoms with Crippen LogP contribution < -0.4 is 24.9 Å². The first kappa shape index (κ1) is 23.7. The lowest BCUT2D eigenvalue weighted by molar-refractivity contribution is -0.132. The normalized spacial score (nSPS) is 11.9. The Bertz CT molecular complexity index is 1450. The highest BCUT2D eigenvalue weighted by molar-refractivity contribution is 7.87. The Balaban J connectivity index is 2.50. The third-order valence-corrected chi connectivity index (χ3v) is 4.99. The zero-order valence-corrected chi connectivity index (χ0v) is 17.4. The van der Waals surface area contributed by atoms with Crippen LogP contribution in [0.25, 0.3) is 21.5 Å². The molecular formula is C19H12F3NO9S. The van der Waals surface area contributed by atoms with Crippen LogP contribution in [-0.2, 0) is 19.7 Å². The van der Waals surface area contributed by atoms with Gasteiger partial charge < -0.3 is 9.47 Å². The molecule has 0 aliphatic rings. The van der Waals surface area contributed by atoms with Crippen molar-refractivity contribution in [1.82, 2.24) is 4.73 Å². The number of hydrogen-bond acceptors (Lipinski definition) is 9. The van der Waals surface area contributed by atoms with Crippen molar-refractivity contribution >= 4 is 43.6 Å². The zero-order chi connectivity index (χ0) is 24.7. The molecule has 0 amide bonds. The minimum atomic E-state index is -6.39. The minimum absolute atomic E-state index is 0.0948. The second kappa shape index (κ2) is 8.20. The summed E-state index contributed by atoms with van der Waals surface area (Å²) in [5, 5.41) is -1.19. The predicted octanol–water partition coefficient (Wildman–Crippen LogP) is 1.64. The number of esters is 2. The fraction of sp³-hybridized carbons (Fsp3) is 0.158. The molecule has 1 heterocycles. The van der Waals surface area contributed by atoms with Crippen molar-refractivity contribution in [2.75, 3.05) is 0 Å². The van der Waals surface area contributed by atoms with Gasteiger partial charge >= 0.3 is 27.6 Å². The summed E-state index contributed by atoms with van der Waals surface area (Å²) >= 11 is 0. The van der Waals surface area contributed by atoms with Crippen molar-refractivity contribution in [1.29, 1.82) is 0 Å². The monoisotopic (exact) mass is 487 g/mol. The Morgan fingerprint density at radius 1 is 0.788 bits per heavy atom. The standard InChI is InChI=1S/C19H12F3NO9S/c1-9(24)30-11-3-5-13-15(7-11)16-8-12(31-10(2)25)4-6-14(16)18(27)23(17(13)26)32-33(28,29)19(20,21)22/h3-8H,1-2H3. The molecule has 0 spiro atoms. The summed E-state index contributed by atoms with van der Waals surface area (Å²) in [6.07, 6.45) is 0. The number of fused-ring (bicyclic) bond motifs is 3. The summed E-state index contributed by atoms with van der Waals surface area (Å²) in [6.45, 7) is 2.18. The molecule has 1 aromatic heterocycles. The van der Waals surface area contributed by atoms with Crippen LogP contribution in [-0.4, -0.2) is 30.6 Å². The highest BCUT2D eigenvalue weighted by atomic mass is 32.2. The third-order valence-electron chi connectivity index (χ3n) is 4.08. The quantitative estimate of drug-likeness (QED) is 0.306. The molecule has 0 saturated heterocycles. The maximum atomic E-state index is 12.9. The Kier molecular flexibility index (Phi) is 5.89. The smallest absolute Gasteiger partial charge is 0.427 e. The molecule has 0 aliphatic carbocycles. The van der Waals surface area contributed by atoms with Gasteiger partial charge in [0.05, 0.1) is 10.8 Å². The average molecular weight is 487 g/mol. The van der Waals surface area contributed by atoms with E-state index in [1.807, 2.05) is 0 Å². The van der Waals surface area contributed by atoms with Crippen LogP contribution >= 0.6 is 0 Å². The Morgan fingerprint density at radius 3 is 1.52 bits per heavy atom. The number of hydrogen-bond donors (Lipinski definition) is 0. The number of nitrogens with zero attached hydrogens (tertiary/aromatic N) is 1. The maximum absolute atomic E-state index is 12.9. The molecule has 10 nitrogen and oxygen atoms in total. The lowest BCUT2D eigenvalue weighted by Gasteiger charge is -2.08. The van der Waals surface area contributed by atoms with Crippen molar-refractivity contribution in [3.8, 4) is 11.5 Å². The Hall–Kier alpha value is -3.94. The molecule has 0 aliphatic heterocycles. The lowest BCUT2D eigenvalue weighted by Crippen LogP contribution is -2.43. The van der Waals surface area contributed by atoms with Crippen LogP contribution in [0.2, 0.25) is 0 Å². The molecule has 0 radical (unpaired) electrons. The Morgan fingerprint density at radius 2 is 1.18 bits per heavy atom. The first-order chi connectivity index (χ1) is 15.2. The molecular weight excluding hydrogens is 475 g/mol. The number of aromatic nitrogens is 1. The van der Waals surface area contributed by atoms with Crippen molar-refractivity contribution in [3.05, 3.63) is 57.1 Å². The molecule has 0 atom stereocenters. The van der Waals surface area contributed by atoms with Gasteiger partial charge in [-0.15, -0.1) is 0 Å². The second-order valence-corrected chi connectivity index (χ2v) is 8.00. The second-order valence-electron chi connectivity index (χ2n) is 6.48. The number of ether oxygens (including phenoxy) is 2. The first-order valence-corrected chi connectivity index (χ1v) is 10.2.